The maximum absolute atomic E-state index is 12.8. The molecule has 0 bridgehead atoms. The van der Waals surface area contributed by atoms with Crippen molar-refractivity contribution >= 4 is 12.1 Å². The molecular weight excluding hydrogens is 371 g/mol. The van der Waals surface area contributed by atoms with Crippen molar-refractivity contribution in [3.8, 4) is 0 Å². The van der Waals surface area contributed by atoms with Crippen LogP contribution in [-0.4, -0.2) is 43.3 Å². The number of carbonyl (C=O) groups is 1. The minimum absolute atomic E-state index is 0.247. The average molecular weight is 391 g/mol. The zero-order valence-corrected chi connectivity index (χ0v) is 15.1. The van der Waals surface area contributed by atoms with Gasteiger partial charge in [-0.15, -0.1) is 0 Å². The molecule has 5 nitrogen and oxygen atoms in total. The minimum atomic E-state index is -4.43. The first-order valence-corrected chi connectivity index (χ1v) is 8.82. The number of hydrogen-bond acceptors (Lipinski definition) is 4. The number of morpholine rings is 1. The lowest BCUT2D eigenvalue weighted by Crippen LogP contribution is -2.36. The molecule has 1 heterocycles. The van der Waals surface area contributed by atoms with E-state index in [2.05, 4.69) is 15.4 Å². The number of hydrogen-bond donors (Lipinski definition) is 1. The number of hydrazone groups is 1. The highest BCUT2D eigenvalue weighted by Gasteiger charge is 2.30. The Balaban J connectivity index is 1.66. The zero-order chi connectivity index (χ0) is 20.0. The highest BCUT2D eigenvalue weighted by Crippen LogP contribution is 2.29. The Morgan fingerprint density at radius 2 is 1.89 bits per heavy atom. The summed E-state index contributed by atoms with van der Waals surface area (Å²) in [6.07, 6.45) is -3.23. The normalized spacial score (nSPS) is 15.7. The number of nitrogens with zero attached hydrogens (tertiary/aromatic N) is 2. The van der Waals surface area contributed by atoms with Crippen molar-refractivity contribution in [1.82, 2.24) is 10.3 Å². The molecule has 0 spiro atoms. The summed E-state index contributed by atoms with van der Waals surface area (Å²) < 4.78 is 43.6. The van der Waals surface area contributed by atoms with E-state index in [4.69, 9.17) is 4.74 Å². The molecule has 0 radical (unpaired) electrons. The van der Waals surface area contributed by atoms with Crippen molar-refractivity contribution in [2.75, 3.05) is 26.3 Å². The molecule has 0 saturated carbocycles. The molecule has 0 unspecified atom stereocenters. The van der Waals surface area contributed by atoms with E-state index in [0.29, 0.717) is 25.3 Å². The minimum Gasteiger partial charge on any atom is -0.379 e. The third-order valence-electron chi connectivity index (χ3n) is 4.35. The van der Waals surface area contributed by atoms with Gasteiger partial charge in [0.1, 0.15) is 0 Å². The van der Waals surface area contributed by atoms with Gasteiger partial charge in [-0.05, 0) is 29.3 Å². The third kappa shape index (κ3) is 5.40. The SMILES string of the molecule is O=C(N/N=C/c1cccc(C(F)(F)F)c1)c1ccccc1CN1CCOCC1. The molecule has 1 aliphatic heterocycles. The summed E-state index contributed by atoms with van der Waals surface area (Å²) in [5, 5.41) is 3.80. The molecule has 2 aromatic carbocycles. The van der Waals surface area contributed by atoms with E-state index in [1.54, 1.807) is 12.1 Å². The van der Waals surface area contributed by atoms with Crippen LogP contribution in [0.3, 0.4) is 0 Å². The second-order valence-electron chi connectivity index (χ2n) is 6.37. The van der Waals surface area contributed by atoms with Gasteiger partial charge in [-0.25, -0.2) is 5.43 Å². The number of amides is 1. The third-order valence-corrected chi connectivity index (χ3v) is 4.35. The fourth-order valence-corrected chi connectivity index (χ4v) is 2.90. The van der Waals surface area contributed by atoms with Crippen LogP contribution in [0.2, 0.25) is 0 Å². The molecule has 0 atom stereocenters. The number of halogens is 3. The smallest absolute Gasteiger partial charge is 0.379 e. The molecule has 1 aliphatic rings. The van der Waals surface area contributed by atoms with Crippen LogP contribution >= 0.6 is 0 Å². The van der Waals surface area contributed by atoms with Crippen LogP contribution in [0, 0.1) is 0 Å². The Morgan fingerprint density at radius 1 is 1.14 bits per heavy atom. The summed E-state index contributed by atoms with van der Waals surface area (Å²) in [6.45, 7) is 3.53. The standard InChI is InChI=1S/C20H20F3N3O2/c21-20(22,23)17-6-3-4-15(12-17)13-24-25-19(27)18-7-2-1-5-16(18)14-26-8-10-28-11-9-26/h1-7,12-13H,8-11,14H2,(H,25,27)/b24-13+. The molecule has 3 rings (SSSR count). The maximum atomic E-state index is 12.8. The highest BCUT2D eigenvalue weighted by atomic mass is 19.4. The van der Waals surface area contributed by atoms with Crippen LogP contribution in [0.5, 0.6) is 0 Å². The number of nitrogens with one attached hydrogen (secondary N) is 1. The summed E-state index contributed by atoms with van der Waals surface area (Å²) >= 11 is 0. The van der Waals surface area contributed by atoms with Gasteiger partial charge in [-0.2, -0.15) is 18.3 Å². The van der Waals surface area contributed by atoms with Crippen LogP contribution in [-0.2, 0) is 17.5 Å². The van der Waals surface area contributed by atoms with E-state index < -0.39 is 17.6 Å². The topological polar surface area (TPSA) is 53.9 Å². The van der Waals surface area contributed by atoms with Crippen LogP contribution in [0.15, 0.2) is 53.6 Å². The largest absolute Gasteiger partial charge is 0.416 e. The lowest BCUT2D eigenvalue weighted by atomic mass is 10.1. The Kier molecular flexibility index (Phi) is 6.43. The molecule has 0 aliphatic carbocycles. The van der Waals surface area contributed by atoms with E-state index in [1.807, 2.05) is 12.1 Å². The second kappa shape index (κ2) is 8.99. The number of carbonyl (C=O) groups excluding carboxylic acids is 1. The number of benzene rings is 2. The van der Waals surface area contributed by atoms with Crippen molar-refractivity contribution in [3.63, 3.8) is 0 Å². The molecule has 28 heavy (non-hydrogen) atoms. The first-order valence-electron chi connectivity index (χ1n) is 8.82. The summed E-state index contributed by atoms with van der Waals surface area (Å²) in [5.74, 6) is -0.410. The molecule has 1 fully saturated rings. The van der Waals surface area contributed by atoms with Crippen molar-refractivity contribution < 1.29 is 22.7 Å². The summed E-state index contributed by atoms with van der Waals surface area (Å²) in [4.78, 5) is 14.7. The van der Waals surface area contributed by atoms with Crippen molar-refractivity contribution in [3.05, 3.63) is 70.8 Å². The fourth-order valence-electron chi connectivity index (χ4n) is 2.90. The van der Waals surface area contributed by atoms with E-state index in [1.165, 1.54) is 18.3 Å². The van der Waals surface area contributed by atoms with Gasteiger partial charge in [0.25, 0.3) is 5.91 Å². The predicted molar refractivity (Wildman–Crippen MR) is 99.0 cm³/mol. The molecule has 1 amide bonds. The van der Waals surface area contributed by atoms with Gasteiger partial charge in [0, 0.05) is 25.2 Å². The summed E-state index contributed by atoms with van der Waals surface area (Å²) in [5.41, 5.74) is 3.21. The van der Waals surface area contributed by atoms with Gasteiger partial charge < -0.3 is 4.74 Å². The van der Waals surface area contributed by atoms with E-state index in [9.17, 15) is 18.0 Å². The number of alkyl halides is 3. The first-order chi connectivity index (χ1) is 13.4. The van der Waals surface area contributed by atoms with Gasteiger partial charge in [-0.3, -0.25) is 9.69 Å². The van der Waals surface area contributed by atoms with Gasteiger partial charge in [0.05, 0.1) is 25.0 Å². The van der Waals surface area contributed by atoms with Crippen molar-refractivity contribution in [1.29, 1.82) is 0 Å². The van der Waals surface area contributed by atoms with Crippen LogP contribution in [0.1, 0.15) is 27.0 Å². The molecule has 148 valence electrons. The molecule has 1 N–H and O–H groups in total. The molecule has 8 heteroatoms. The van der Waals surface area contributed by atoms with E-state index in [0.717, 1.165) is 30.8 Å². The van der Waals surface area contributed by atoms with Crippen LogP contribution in [0.4, 0.5) is 13.2 Å². The molecule has 2 aromatic rings. The van der Waals surface area contributed by atoms with Crippen LogP contribution in [0.25, 0.3) is 0 Å². The lowest BCUT2D eigenvalue weighted by molar-refractivity contribution is -0.137. The van der Waals surface area contributed by atoms with Crippen molar-refractivity contribution in [2.24, 2.45) is 5.10 Å². The van der Waals surface area contributed by atoms with Crippen LogP contribution < -0.4 is 5.43 Å². The summed E-state index contributed by atoms with van der Waals surface area (Å²) in [7, 11) is 0. The van der Waals surface area contributed by atoms with Gasteiger partial charge in [-0.1, -0.05) is 30.3 Å². The summed E-state index contributed by atoms with van der Waals surface area (Å²) in [6, 6.07) is 11.9. The van der Waals surface area contributed by atoms with E-state index >= 15 is 0 Å². The Morgan fingerprint density at radius 3 is 2.64 bits per heavy atom. The maximum Gasteiger partial charge on any atom is 0.416 e. The lowest BCUT2D eigenvalue weighted by Gasteiger charge is -2.27. The molecular formula is C20H20F3N3O2. The van der Waals surface area contributed by atoms with Gasteiger partial charge >= 0.3 is 6.18 Å². The second-order valence-corrected chi connectivity index (χ2v) is 6.37. The average Bonchev–Trinajstić information content (AvgIpc) is 2.69. The quantitative estimate of drug-likeness (QED) is 0.629. The molecule has 1 saturated heterocycles. The monoisotopic (exact) mass is 391 g/mol. The Bertz CT molecular complexity index is 847. The predicted octanol–water partition coefficient (Wildman–Crippen LogP) is 3.30. The van der Waals surface area contributed by atoms with Gasteiger partial charge in [0.15, 0.2) is 0 Å². The number of ether oxygens (including phenoxy) is 1. The zero-order valence-electron chi connectivity index (χ0n) is 15.1. The van der Waals surface area contributed by atoms with Gasteiger partial charge in [0.2, 0.25) is 0 Å². The Labute approximate surface area is 160 Å². The number of rotatable bonds is 5. The van der Waals surface area contributed by atoms with Crippen molar-refractivity contribution in [2.45, 2.75) is 12.7 Å². The van der Waals surface area contributed by atoms with E-state index in [-0.39, 0.29) is 5.56 Å². The fraction of sp³-hybridized carbons (Fsp3) is 0.300. The highest BCUT2D eigenvalue weighted by molar-refractivity contribution is 5.96. The Hall–Kier alpha value is -2.71. The molecule has 0 aromatic heterocycles. The first kappa shape index (κ1) is 20.0.